The number of ether oxygens (including phenoxy) is 1. The maximum absolute atomic E-state index is 15.4. The van der Waals surface area contributed by atoms with Crippen LogP contribution in [0.2, 0.25) is 5.02 Å². The van der Waals surface area contributed by atoms with Crippen LogP contribution >= 0.6 is 11.6 Å². The molecule has 0 aromatic heterocycles. The molecule has 2 fully saturated rings. The lowest BCUT2D eigenvalue weighted by atomic mass is 9.74. The molecule has 3 rings (SSSR count). The van der Waals surface area contributed by atoms with E-state index in [0.717, 1.165) is 50.5 Å². The Balaban J connectivity index is 1.70. The highest BCUT2D eigenvalue weighted by molar-refractivity contribution is 6.30. The van der Waals surface area contributed by atoms with Crippen molar-refractivity contribution < 1.29 is 19.0 Å². The van der Waals surface area contributed by atoms with Gasteiger partial charge in [0.2, 0.25) is 0 Å². The number of carbonyl (C=O) groups excluding carboxylic acids is 1. The third-order valence-corrected chi connectivity index (χ3v) is 8.24. The average molecular weight is 526 g/mol. The molecule has 2 aliphatic rings. The van der Waals surface area contributed by atoms with E-state index in [2.05, 4.69) is 10.6 Å². The maximum Gasteiger partial charge on any atom is 0.317 e. The first-order valence-corrected chi connectivity index (χ1v) is 14.0. The minimum atomic E-state index is -1.20. The summed E-state index contributed by atoms with van der Waals surface area (Å²) in [6.45, 7) is 2.26. The quantitative estimate of drug-likeness (QED) is 0.319. The van der Waals surface area contributed by atoms with Crippen LogP contribution in [0.3, 0.4) is 0 Å². The van der Waals surface area contributed by atoms with E-state index in [-0.39, 0.29) is 18.0 Å². The molecule has 1 aromatic rings. The zero-order chi connectivity index (χ0) is 26.0. The number of nitrogens with one attached hydrogen (secondary N) is 2. The van der Waals surface area contributed by atoms with E-state index in [1.165, 1.54) is 0 Å². The molecule has 1 aliphatic heterocycles. The van der Waals surface area contributed by atoms with Gasteiger partial charge in [-0.15, -0.1) is 0 Å². The minimum absolute atomic E-state index is 0.119. The summed E-state index contributed by atoms with van der Waals surface area (Å²) in [5.41, 5.74) is -1.50. The van der Waals surface area contributed by atoms with E-state index in [0.29, 0.717) is 56.9 Å². The average Bonchev–Trinajstić information content (AvgIpc) is 2.87. The van der Waals surface area contributed by atoms with Gasteiger partial charge in [0.05, 0.1) is 5.60 Å². The van der Waals surface area contributed by atoms with Crippen molar-refractivity contribution in [1.29, 1.82) is 0 Å². The Labute approximate surface area is 221 Å². The predicted octanol–water partition coefficient (Wildman–Crippen LogP) is 5.42. The zero-order valence-electron chi connectivity index (χ0n) is 22.0. The standard InChI is InChI=1S/C28H45ClFN3O3/c1-31-20-25(19-27(30)13-4-3-5-14-27)32-26(34)33-16-9-11-23(21-33)28(35,15-6-7-17-36-2)22-10-8-12-24(29)18-22/h8,10,12,18,23,25,31,35H,3-7,9,11,13-17,19-21H2,1-2H3,(H,32,34)/t23-,25?,28-/m1/s1. The second kappa shape index (κ2) is 13.9. The van der Waals surface area contributed by atoms with E-state index in [4.69, 9.17) is 16.3 Å². The van der Waals surface area contributed by atoms with E-state index >= 15 is 4.39 Å². The molecular formula is C28H45ClFN3O3. The molecule has 1 heterocycles. The fraction of sp³-hybridized carbons (Fsp3) is 0.750. The van der Waals surface area contributed by atoms with Gasteiger partial charge in [-0.2, -0.15) is 0 Å². The van der Waals surface area contributed by atoms with E-state index in [9.17, 15) is 9.90 Å². The Hall–Kier alpha value is -1.41. The van der Waals surface area contributed by atoms with Crippen LogP contribution in [0.25, 0.3) is 0 Å². The third-order valence-electron chi connectivity index (χ3n) is 8.00. The molecule has 3 N–H and O–H groups in total. The molecule has 0 bridgehead atoms. The lowest BCUT2D eigenvalue weighted by Gasteiger charge is -2.43. The number of aliphatic hydroxyl groups is 1. The number of hydrogen-bond donors (Lipinski definition) is 3. The van der Waals surface area contributed by atoms with Gasteiger partial charge in [-0.3, -0.25) is 0 Å². The molecule has 1 unspecified atom stereocenters. The summed E-state index contributed by atoms with van der Waals surface area (Å²) in [4.78, 5) is 15.1. The number of likely N-dealkylation sites (tertiary alicyclic amines) is 1. The number of alkyl halides is 1. The smallest absolute Gasteiger partial charge is 0.317 e. The molecule has 1 aliphatic carbocycles. The van der Waals surface area contributed by atoms with Gasteiger partial charge in [-0.1, -0.05) is 43.0 Å². The van der Waals surface area contributed by atoms with Gasteiger partial charge in [-0.05, 0) is 69.7 Å². The van der Waals surface area contributed by atoms with Gasteiger partial charge in [0.15, 0.2) is 0 Å². The Kier molecular flexibility index (Phi) is 11.3. The Morgan fingerprint density at radius 3 is 2.78 bits per heavy atom. The van der Waals surface area contributed by atoms with E-state index in [1.807, 2.05) is 31.3 Å². The Morgan fingerprint density at radius 2 is 2.08 bits per heavy atom. The summed E-state index contributed by atoms with van der Waals surface area (Å²) >= 11 is 6.29. The highest BCUT2D eigenvalue weighted by Crippen LogP contribution is 2.40. The number of methoxy groups -OCH3 is 1. The topological polar surface area (TPSA) is 73.8 Å². The second-order valence-electron chi connectivity index (χ2n) is 10.8. The number of unbranched alkanes of at least 4 members (excludes halogenated alkanes) is 1. The van der Waals surface area contributed by atoms with Crippen LogP contribution in [0.4, 0.5) is 9.18 Å². The monoisotopic (exact) mass is 525 g/mol. The second-order valence-corrected chi connectivity index (χ2v) is 11.2. The zero-order valence-corrected chi connectivity index (χ0v) is 22.8. The van der Waals surface area contributed by atoms with Crippen molar-refractivity contribution in [2.24, 2.45) is 5.92 Å². The first kappa shape index (κ1) is 29.2. The molecule has 8 heteroatoms. The molecule has 1 saturated heterocycles. The van der Waals surface area contributed by atoms with Crippen molar-refractivity contribution in [2.45, 2.75) is 87.9 Å². The molecule has 204 valence electrons. The summed E-state index contributed by atoms with van der Waals surface area (Å²) in [7, 11) is 3.51. The number of nitrogens with zero attached hydrogens (tertiary/aromatic N) is 1. The van der Waals surface area contributed by atoms with Crippen LogP contribution in [-0.4, -0.2) is 68.1 Å². The van der Waals surface area contributed by atoms with Gasteiger partial charge in [0.25, 0.3) is 0 Å². The van der Waals surface area contributed by atoms with Gasteiger partial charge >= 0.3 is 6.03 Å². The maximum atomic E-state index is 15.4. The molecule has 1 aromatic carbocycles. The number of halogens is 2. The van der Waals surface area contributed by atoms with Crippen LogP contribution in [-0.2, 0) is 10.3 Å². The highest BCUT2D eigenvalue weighted by atomic mass is 35.5. The molecule has 0 spiro atoms. The molecule has 1 saturated carbocycles. The molecular weight excluding hydrogens is 481 g/mol. The van der Waals surface area contributed by atoms with Crippen molar-refractivity contribution in [3.8, 4) is 0 Å². The number of carbonyl (C=O) groups is 1. The molecule has 0 radical (unpaired) electrons. The van der Waals surface area contributed by atoms with Crippen molar-refractivity contribution in [2.75, 3.05) is 40.4 Å². The summed E-state index contributed by atoms with van der Waals surface area (Å²) in [6.07, 6.45) is 8.27. The number of likely N-dealkylation sites (N-methyl/N-ethyl adjacent to an activating group) is 1. The third kappa shape index (κ3) is 8.04. The largest absolute Gasteiger partial charge is 0.385 e. The fourth-order valence-corrected chi connectivity index (χ4v) is 6.24. The van der Waals surface area contributed by atoms with E-state index < -0.39 is 11.3 Å². The molecule has 6 nitrogen and oxygen atoms in total. The summed E-state index contributed by atoms with van der Waals surface area (Å²) in [5.74, 6) is -0.119. The van der Waals surface area contributed by atoms with Crippen molar-refractivity contribution in [3.05, 3.63) is 34.9 Å². The van der Waals surface area contributed by atoms with Gasteiger partial charge < -0.3 is 25.4 Å². The number of piperidine rings is 1. The number of benzene rings is 1. The summed E-state index contributed by atoms with van der Waals surface area (Å²) in [5, 5.41) is 18.8. The fourth-order valence-electron chi connectivity index (χ4n) is 6.05. The van der Waals surface area contributed by atoms with Crippen LogP contribution in [0.15, 0.2) is 24.3 Å². The normalized spacial score (nSPS) is 22.6. The van der Waals surface area contributed by atoms with Crippen molar-refractivity contribution in [3.63, 3.8) is 0 Å². The highest BCUT2D eigenvalue weighted by Gasteiger charge is 2.42. The van der Waals surface area contributed by atoms with Crippen LogP contribution in [0.5, 0.6) is 0 Å². The molecule has 3 atom stereocenters. The Bertz CT molecular complexity index is 823. The molecule has 2 amide bonds. The van der Waals surface area contributed by atoms with Crippen LogP contribution in [0, 0.1) is 5.92 Å². The number of urea groups is 1. The first-order chi connectivity index (χ1) is 17.3. The number of rotatable bonds is 12. The van der Waals surface area contributed by atoms with Crippen LogP contribution < -0.4 is 10.6 Å². The number of amides is 2. The van der Waals surface area contributed by atoms with Gasteiger partial charge in [0.1, 0.15) is 5.67 Å². The Morgan fingerprint density at radius 1 is 1.31 bits per heavy atom. The van der Waals surface area contributed by atoms with Crippen molar-refractivity contribution >= 4 is 17.6 Å². The number of hydrogen-bond acceptors (Lipinski definition) is 4. The predicted molar refractivity (Wildman–Crippen MR) is 143 cm³/mol. The van der Waals surface area contributed by atoms with Gasteiger partial charge in [0, 0.05) is 56.8 Å². The van der Waals surface area contributed by atoms with Crippen LogP contribution in [0.1, 0.15) is 76.2 Å². The summed E-state index contributed by atoms with van der Waals surface area (Å²) < 4.78 is 20.6. The lowest BCUT2D eigenvalue weighted by Crippen LogP contribution is -2.54. The van der Waals surface area contributed by atoms with Crippen molar-refractivity contribution in [1.82, 2.24) is 15.5 Å². The lowest BCUT2D eigenvalue weighted by molar-refractivity contribution is -0.0564. The minimum Gasteiger partial charge on any atom is -0.385 e. The first-order valence-electron chi connectivity index (χ1n) is 13.7. The molecule has 36 heavy (non-hydrogen) atoms. The van der Waals surface area contributed by atoms with E-state index in [1.54, 1.807) is 12.0 Å². The van der Waals surface area contributed by atoms with Gasteiger partial charge in [-0.25, -0.2) is 9.18 Å². The SMILES string of the molecule is CNCC(CC1(F)CCCCC1)NC(=O)N1CCC[C@@H]([C@@](O)(CCCCOC)c2cccc(Cl)c2)C1. The summed E-state index contributed by atoms with van der Waals surface area (Å²) in [6, 6.07) is 6.99.